The molecular formula is C11H13N5. The quantitative estimate of drug-likeness (QED) is 0.685. The summed E-state index contributed by atoms with van der Waals surface area (Å²) in [5.74, 6) is 0. The van der Waals surface area contributed by atoms with Crippen molar-refractivity contribution in [1.29, 1.82) is 15.8 Å². The largest absolute Gasteiger partial charge is 0.250 e. The van der Waals surface area contributed by atoms with Crippen molar-refractivity contribution in [2.75, 3.05) is 14.1 Å². The molecule has 0 fully saturated rings. The molecule has 5 heteroatoms. The van der Waals surface area contributed by atoms with Crippen LogP contribution >= 0.6 is 0 Å². The fourth-order valence-corrected chi connectivity index (χ4v) is 2.00. The van der Waals surface area contributed by atoms with Gasteiger partial charge < -0.3 is 0 Å². The van der Waals surface area contributed by atoms with Crippen LogP contribution in [-0.2, 0) is 0 Å². The third-order valence-electron chi connectivity index (χ3n) is 2.73. The molecule has 0 aliphatic heterocycles. The molecule has 0 saturated heterocycles. The van der Waals surface area contributed by atoms with Crippen molar-refractivity contribution in [3.05, 3.63) is 11.1 Å². The molecule has 82 valence electrons. The first kappa shape index (κ1) is 12.2. The van der Waals surface area contributed by atoms with Crippen LogP contribution in [0.25, 0.3) is 0 Å². The molecule has 0 radical (unpaired) electrons. The molecule has 0 saturated carbocycles. The summed E-state index contributed by atoms with van der Waals surface area (Å²) >= 11 is 0. The van der Waals surface area contributed by atoms with Crippen LogP contribution in [0.2, 0.25) is 0 Å². The number of nitriles is 3. The van der Waals surface area contributed by atoms with E-state index >= 15 is 0 Å². The van der Waals surface area contributed by atoms with Gasteiger partial charge in [-0.2, -0.15) is 15.8 Å². The smallest absolute Gasteiger partial charge is 0.195 e. The second kappa shape index (κ2) is 4.33. The zero-order chi connectivity index (χ0) is 12.3. The molecule has 5 nitrogen and oxygen atoms in total. The summed E-state index contributed by atoms with van der Waals surface area (Å²) in [4.78, 5) is 0. The van der Waals surface area contributed by atoms with Crippen LogP contribution in [0.15, 0.2) is 11.1 Å². The van der Waals surface area contributed by atoms with Gasteiger partial charge in [0.1, 0.15) is 0 Å². The van der Waals surface area contributed by atoms with Gasteiger partial charge >= 0.3 is 0 Å². The van der Waals surface area contributed by atoms with Gasteiger partial charge in [0, 0.05) is 14.1 Å². The molecule has 16 heavy (non-hydrogen) atoms. The molecule has 1 aliphatic rings. The highest BCUT2D eigenvalue weighted by Gasteiger charge is 2.49. The number of nitrogens with zero attached hydrogens (tertiary/aromatic N) is 4. The van der Waals surface area contributed by atoms with Crippen molar-refractivity contribution in [2.45, 2.75) is 19.4 Å². The molecule has 1 rings (SSSR count). The third kappa shape index (κ3) is 1.66. The predicted molar refractivity (Wildman–Crippen MR) is 57.2 cm³/mol. The average Bonchev–Trinajstić information content (AvgIpc) is 2.49. The standard InChI is InChI=1S/C11H13N5/c1-8-4-10(15-16(2)3)11(6-13,7-14)9(8)5-12/h10,15H,4H2,1-3H3/t10-/m1/s1. The Morgan fingerprint density at radius 1 is 1.31 bits per heavy atom. The normalized spacial score (nSPS) is 22.7. The first-order valence-electron chi connectivity index (χ1n) is 4.88. The monoisotopic (exact) mass is 215 g/mol. The van der Waals surface area contributed by atoms with Crippen molar-refractivity contribution in [1.82, 2.24) is 10.4 Å². The summed E-state index contributed by atoms with van der Waals surface area (Å²) in [5.41, 5.74) is 2.77. The van der Waals surface area contributed by atoms with E-state index in [1.807, 2.05) is 18.2 Å². The predicted octanol–water partition coefficient (Wildman–Crippen LogP) is 0.699. The maximum absolute atomic E-state index is 9.20. The second-order valence-corrected chi connectivity index (χ2v) is 4.08. The fourth-order valence-electron chi connectivity index (χ4n) is 2.00. The van der Waals surface area contributed by atoms with Crippen LogP contribution in [0.1, 0.15) is 13.3 Å². The van der Waals surface area contributed by atoms with Gasteiger partial charge in [0.15, 0.2) is 5.41 Å². The lowest BCUT2D eigenvalue weighted by atomic mass is 9.81. The van der Waals surface area contributed by atoms with Crippen molar-refractivity contribution < 1.29 is 0 Å². The molecule has 0 amide bonds. The topological polar surface area (TPSA) is 86.6 Å². The summed E-state index contributed by atoms with van der Waals surface area (Å²) < 4.78 is 0. The van der Waals surface area contributed by atoms with Crippen molar-refractivity contribution in [2.24, 2.45) is 5.41 Å². The van der Waals surface area contributed by atoms with E-state index in [1.54, 1.807) is 26.0 Å². The molecule has 0 bridgehead atoms. The van der Waals surface area contributed by atoms with Gasteiger partial charge in [-0.1, -0.05) is 5.57 Å². The van der Waals surface area contributed by atoms with Gasteiger partial charge in [-0.05, 0) is 13.3 Å². The Morgan fingerprint density at radius 2 is 1.88 bits per heavy atom. The Bertz CT molecular complexity index is 426. The molecule has 0 heterocycles. The summed E-state index contributed by atoms with van der Waals surface area (Å²) in [7, 11) is 3.58. The van der Waals surface area contributed by atoms with E-state index < -0.39 is 5.41 Å². The van der Waals surface area contributed by atoms with Crippen molar-refractivity contribution >= 4 is 0 Å². The van der Waals surface area contributed by atoms with Crippen LogP contribution in [0, 0.1) is 39.4 Å². The Balaban J connectivity index is 3.19. The lowest BCUT2D eigenvalue weighted by Crippen LogP contribution is -2.47. The molecule has 0 aromatic carbocycles. The Kier molecular flexibility index (Phi) is 3.30. The maximum Gasteiger partial charge on any atom is 0.195 e. The SMILES string of the molecule is CC1=C(C#N)C(C#N)(C#N)[C@H](NN(C)C)C1. The highest BCUT2D eigenvalue weighted by Crippen LogP contribution is 2.41. The zero-order valence-electron chi connectivity index (χ0n) is 9.57. The minimum atomic E-state index is -1.36. The molecule has 0 spiro atoms. The van der Waals surface area contributed by atoms with E-state index in [9.17, 15) is 10.5 Å². The lowest BCUT2D eigenvalue weighted by molar-refractivity contribution is 0.212. The number of hydrogen-bond acceptors (Lipinski definition) is 5. The summed E-state index contributed by atoms with van der Waals surface area (Å²) in [5, 5.41) is 29.1. The number of hydrazine groups is 1. The fraction of sp³-hybridized carbons (Fsp3) is 0.545. The van der Waals surface area contributed by atoms with Gasteiger partial charge in [0.05, 0.1) is 29.8 Å². The highest BCUT2D eigenvalue weighted by molar-refractivity contribution is 5.51. The molecule has 0 unspecified atom stereocenters. The van der Waals surface area contributed by atoms with Crippen LogP contribution in [0.5, 0.6) is 0 Å². The van der Waals surface area contributed by atoms with Gasteiger partial charge in [-0.15, -0.1) is 0 Å². The Labute approximate surface area is 95.2 Å². The van der Waals surface area contributed by atoms with E-state index in [0.29, 0.717) is 6.42 Å². The highest BCUT2D eigenvalue weighted by atomic mass is 15.5. The van der Waals surface area contributed by atoms with E-state index in [4.69, 9.17) is 5.26 Å². The summed E-state index contributed by atoms with van der Waals surface area (Å²) in [6.07, 6.45) is 0.544. The molecule has 1 atom stereocenters. The van der Waals surface area contributed by atoms with Crippen LogP contribution < -0.4 is 5.43 Å². The van der Waals surface area contributed by atoms with Gasteiger partial charge in [0.25, 0.3) is 0 Å². The molecular weight excluding hydrogens is 202 g/mol. The van der Waals surface area contributed by atoms with Crippen molar-refractivity contribution in [3.8, 4) is 18.2 Å². The molecule has 1 aliphatic carbocycles. The van der Waals surface area contributed by atoms with Crippen LogP contribution in [-0.4, -0.2) is 25.1 Å². The van der Waals surface area contributed by atoms with Crippen molar-refractivity contribution in [3.63, 3.8) is 0 Å². The Morgan fingerprint density at radius 3 is 2.25 bits per heavy atom. The van der Waals surface area contributed by atoms with E-state index in [2.05, 4.69) is 5.43 Å². The van der Waals surface area contributed by atoms with Crippen LogP contribution in [0.3, 0.4) is 0 Å². The van der Waals surface area contributed by atoms with Gasteiger partial charge in [-0.25, -0.2) is 5.43 Å². The first-order valence-corrected chi connectivity index (χ1v) is 4.88. The van der Waals surface area contributed by atoms with E-state index in [-0.39, 0.29) is 11.6 Å². The lowest BCUT2D eigenvalue weighted by Gasteiger charge is -2.26. The molecule has 0 aromatic heterocycles. The molecule has 1 N–H and O–H groups in total. The molecule has 0 aromatic rings. The van der Waals surface area contributed by atoms with Gasteiger partial charge in [0.2, 0.25) is 0 Å². The second-order valence-electron chi connectivity index (χ2n) is 4.08. The van der Waals surface area contributed by atoms with Crippen LogP contribution in [0.4, 0.5) is 0 Å². The van der Waals surface area contributed by atoms with Gasteiger partial charge in [-0.3, -0.25) is 5.01 Å². The zero-order valence-corrected chi connectivity index (χ0v) is 9.57. The van der Waals surface area contributed by atoms with E-state index in [0.717, 1.165) is 5.57 Å². The first-order chi connectivity index (χ1) is 7.51. The average molecular weight is 215 g/mol. The third-order valence-corrected chi connectivity index (χ3v) is 2.73. The number of rotatable bonds is 2. The minimum absolute atomic E-state index is 0.289. The summed E-state index contributed by atoms with van der Waals surface area (Å²) in [6.45, 7) is 1.79. The minimum Gasteiger partial charge on any atom is -0.250 e. The summed E-state index contributed by atoms with van der Waals surface area (Å²) in [6, 6.07) is 5.60. The number of hydrogen-bond donors (Lipinski definition) is 1. The maximum atomic E-state index is 9.20. The number of nitrogens with one attached hydrogen (secondary N) is 1. The Hall–Kier alpha value is -1.87. The van der Waals surface area contributed by atoms with E-state index in [1.165, 1.54) is 0 Å².